The number of rotatable bonds is 10. The highest BCUT2D eigenvalue weighted by Gasteiger charge is 1.98. The largest absolute Gasteiger partial charge is 0.369 e. The molecule has 17 heavy (non-hydrogen) atoms. The fraction of sp³-hybridized carbons (Fsp3) is 0.769. The molecule has 4 heteroatoms. The lowest BCUT2D eigenvalue weighted by Gasteiger charge is -1.99. The van der Waals surface area contributed by atoms with Gasteiger partial charge >= 0.3 is 0 Å². The molecule has 2 amide bonds. The molecule has 0 heterocycles. The van der Waals surface area contributed by atoms with Crippen LogP contribution in [-0.2, 0) is 9.59 Å². The van der Waals surface area contributed by atoms with Crippen LogP contribution in [0.4, 0.5) is 0 Å². The van der Waals surface area contributed by atoms with Crippen molar-refractivity contribution in [3.8, 4) is 0 Å². The highest BCUT2D eigenvalue weighted by atomic mass is 16.1. The second-order valence-corrected chi connectivity index (χ2v) is 4.25. The second kappa shape index (κ2) is 11.3. The number of carbonyl (C=O) groups excluding carboxylic acids is 2. The molecule has 2 N–H and O–H groups in total. The monoisotopic (exact) mass is 240 g/mol. The molecule has 0 fully saturated rings. The van der Waals surface area contributed by atoms with Gasteiger partial charge in [-0.25, -0.2) is 4.99 Å². The third kappa shape index (κ3) is 12.7. The summed E-state index contributed by atoms with van der Waals surface area (Å²) >= 11 is 0. The van der Waals surface area contributed by atoms with Crippen molar-refractivity contribution in [3.05, 3.63) is 0 Å². The van der Waals surface area contributed by atoms with E-state index in [0.717, 1.165) is 12.8 Å². The predicted molar refractivity (Wildman–Crippen MR) is 69.9 cm³/mol. The number of unbranched alkanes of at least 4 members (excludes halogenated alkanes) is 6. The maximum atomic E-state index is 11.2. The summed E-state index contributed by atoms with van der Waals surface area (Å²) in [6.07, 6.45) is 10.1. The number of amides is 2. The van der Waals surface area contributed by atoms with Crippen molar-refractivity contribution in [3.63, 3.8) is 0 Å². The Hall–Kier alpha value is -1.19. The summed E-state index contributed by atoms with van der Waals surface area (Å²) in [4.78, 5) is 25.2. The summed E-state index contributed by atoms with van der Waals surface area (Å²) < 4.78 is 0. The van der Waals surface area contributed by atoms with Crippen LogP contribution in [0.5, 0.6) is 0 Å². The van der Waals surface area contributed by atoms with E-state index in [2.05, 4.69) is 11.9 Å². The molecule has 0 aromatic heterocycles. The van der Waals surface area contributed by atoms with E-state index >= 15 is 0 Å². The number of carbonyl (C=O) groups is 2. The van der Waals surface area contributed by atoms with Crippen molar-refractivity contribution in [2.45, 2.75) is 64.7 Å². The molecule has 4 nitrogen and oxygen atoms in total. The first-order valence-corrected chi connectivity index (χ1v) is 6.50. The molecule has 0 aromatic carbocycles. The van der Waals surface area contributed by atoms with Crippen molar-refractivity contribution >= 4 is 18.0 Å². The first-order valence-electron chi connectivity index (χ1n) is 6.50. The fourth-order valence-corrected chi connectivity index (χ4v) is 1.54. The summed E-state index contributed by atoms with van der Waals surface area (Å²) in [5.74, 6) is -0.614. The van der Waals surface area contributed by atoms with Gasteiger partial charge in [-0.3, -0.25) is 9.59 Å². The Kier molecular flexibility index (Phi) is 10.5. The van der Waals surface area contributed by atoms with E-state index in [1.165, 1.54) is 38.3 Å². The van der Waals surface area contributed by atoms with Gasteiger partial charge in [0.15, 0.2) is 0 Å². The predicted octanol–water partition coefficient (Wildman–Crippen LogP) is 2.60. The highest BCUT2D eigenvalue weighted by Crippen LogP contribution is 2.08. The number of nitrogens with two attached hydrogens (primary N) is 1. The van der Waals surface area contributed by atoms with Crippen molar-refractivity contribution in [2.75, 3.05) is 0 Å². The van der Waals surface area contributed by atoms with Crippen LogP contribution in [0.1, 0.15) is 64.7 Å². The second-order valence-electron chi connectivity index (χ2n) is 4.25. The SMILES string of the molecule is CCCCCCCCCC(=O)N=CCC(N)=O. The van der Waals surface area contributed by atoms with Crippen LogP contribution in [0.15, 0.2) is 4.99 Å². The molecule has 0 aliphatic rings. The number of nitrogens with zero attached hydrogens (tertiary/aromatic N) is 1. The fourth-order valence-electron chi connectivity index (χ4n) is 1.54. The molecule has 0 rings (SSSR count). The van der Waals surface area contributed by atoms with Crippen LogP contribution in [0.25, 0.3) is 0 Å². The minimum absolute atomic E-state index is 0.0444. The molecule has 0 atom stereocenters. The first kappa shape index (κ1) is 15.8. The minimum Gasteiger partial charge on any atom is -0.369 e. The standard InChI is InChI=1S/C13H24N2O2/c1-2-3-4-5-6-7-8-9-13(17)15-11-10-12(14)16/h11H,2-10H2,1H3,(H2,14,16). The van der Waals surface area contributed by atoms with E-state index in [1.54, 1.807) is 0 Å². The van der Waals surface area contributed by atoms with Gasteiger partial charge in [0.05, 0.1) is 6.42 Å². The van der Waals surface area contributed by atoms with Gasteiger partial charge in [0, 0.05) is 12.6 Å². The van der Waals surface area contributed by atoms with Gasteiger partial charge in [0.1, 0.15) is 0 Å². The van der Waals surface area contributed by atoms with Crippen molar-refractivity contribution < 1.29 is 9.59 Å². The minimum atomic E-state index is -0.461. The van der Waals surface area contributed by atoms with E-state index < -0.39 is 5.91 Å². The summed E-state index contributed by atoms with van der Waals surface area (Å²) in [6.45, 7) is 2.20. The maximum absolute atomic E-state index is 11.2. The lowest BCUT2D eigenvalue weighted by atomic mass is 10.1. The van der Waals surface area contributed by atoms with E-state index in [-0.39, 0.29) is 12.3 Å². The molecule has 0 unspecified atom stereocenters. The smallest absolute Gasteiger partial charge is 0.245 e. The van der Waals surface area contributed by atoms with Crippen molar-refractivity contribution in [1.29, 1.82) is 0 Å². The number of hydrogen-bond donors (Lipinski definition) is 1. The summed E-state index contributed by atoms with van der Waals surface area (Å²) in [7, 11) is 0. The zero-order valence-corrected chi connectivity index (χ0v) is 10.8. The Morgan fingerprint density at radius 1 is 1.06 bits per heavy atom. The molecule has 0 radical (unpaired) electrons. The molecule has 0 spiro atoms. The van der Waals surface area contributed by atoms with Gasteiger partial charge in [-0.05, 0) is 6.42 Å². The zero-order valence-electron chi connectivity index (χ0n) is 10.8. The third-order valence-electron chi connectivity index (χ3n) is 2.52. The molecule has 0 saturated carbocycles. The third-order valence-corrected chi connectivity index (χ3v) is 2.52. The quantitative estimate of drug-likeness (QED) is 0.471. The van der Waals surface area contributed by atoms with Crippen LogP contribution in [0.2, 0.25) is 0 Å². The number of hydrogen-bond acceptors (Lipinski definition) is 2. The van der Waals surface area contributed by atoms with Gasteiger partial charge < -0.3 is 5.73 Å². The van der Waals surface area contributed by atoms with Crippen LogP contribution >= 0.6 is 0 Å². The van der Waals surface area contributed by atoms with Gasteiger partial charge in [-0.15, -0.1) is 0 Å². The summed E-state index contributed by atoms with van der Waals surface area (Å²) in [6, 6.07) is 0. The molecule has 0 aliphatic heterocycles. The normalized spacial score (nSPS) is 10.9. The number of aliphatic imine (C=N–C) groups is 1. The average Bonchev–Trinajstić information content (AvgIpc) is 2.27. The van der Waals surface area contributed by atoms with E-state index in [1.807, 2.05) is 0 Å². The molecule has 0 bridgehead atoms. The Bertz CT molecular complexity index is 250. The van der Waals surface area contributed by atoms with Gasteiger partial charge in [0.2, 0.25) is 11.8 Å². The van der Waals surface area contributed by atoms with Crippen molar-refractivity contribution in [1.82, 2.24) is 0 Å². The molecule has 0 saturated heterocycles. The van der Waals surface area contributed by atoms with Crippen LogP contribution in [0.3, 0.4) is 0 Å². The Balaban J connectivity index is 3.33. The Morgan fingerprint density at radius 3 is 2.24 bits per heavy atom. The van der Waals surface area contributed by atoms with Gasteiger partial charge in [-0.1, -0.05) is 45.4 Å². The highest BCUT2D eigenvalue weighted by molar-refractivity contribution is 5.93. The van der Waals surface area contributed by atoms with Gasteiger partial charge in [0.25, 0.3) is 0 Å². The van der Waals surface area contributed by atoms with Crippen LogP contribution < -0.4 is 5.73 Å². The molecule has 98 valence electrons. The molecule has 0 aliphatic carbocycles. The maximum Gasteiger partial charge on any atom is 0.245 e. The van der Waals surface area contributed by atoms with Crippen molar-refractivity contribution in [2.24, 2.45) is 10.7 Å². The Morgan fingerprint density at radius 2 is 1.65 bits per heavy atom. The summed E-state index contributed by atoms with van der Waals surface area (Å²) in [5.41, 5.74) is 4.92. The first-order chi connectivity index (χ1) is 8.16. The average molecular weight is 240 g/mol. The lowest BCUT2D eigenvalue weighted by Crippen LogP contribution is -2.10. The molecule has 0 aromatic rings. The van der Waals surface area contributed by atoms with E-state index in [4.69, 9.17) is 5.73 Å². The van der Waals surface area contributed by atoms with E-state index in [0.29, 0.717) is 6.42 Å². The Labute approximate surface area is 104 Å². The zero-order chi connectivity index (χ0) is 12.9. The summed E-state index contributed by atoms with van der Waals surface area (Å²) in [5, 5.41) is 0. The van der Waals surface area contributed by atoms with Gasteiger partial charge in [-0.2, -0.15) is 0 Å². The van der Waals surface area contributed by atoms with Crippen LogP contribution in [0, 0.1) is 0 Å². The molecular weight excluding hydrogens is 216 g/mol. The van der Waals surface area contributed by atoms with E-state index in [9.17, 15) is 9.59 Å². The molecular formula is C13H24N2O2. The topological polar surface area (TPSA) is 72.5 Å². The van der Waals surface area contributed by atoms with Crippen LogP contribution in [-0.4, -0.2) is 18.0 Å². The lowest BCUT2D eigenvalue weighted by molar-refractivity contribution is -0.117. The number of primary amides is 1.